The van der Waals surface area contributed by atoms with Crippen molar-refractivity contribution in [3.05, 3.63) is 23.3 Å². The number of carbonyl (C=O) groups is 1. The topological polar surface area (TPSA) is 55.6 Å². The van der Waals surface area contributed by atoms with Gasteiger partial charge in [0.05, 0.1) is 12.7 Å². The first-order valence-electron chi connectivity index (χ1n) is 6.33. The van der Waals surface area contributed by atoms with Crippen molar-refractivity contribution >= 4 is 11.5 Å². The van der Waals surface area contributed by atoms with Crippen LogP contribution in [0, 0.1) is 0 Å². The lowest BCUT2D eigenvalue weighted by Gasteiger charge is -2.29. The van der Waals surface area contributed by atoms with Crippen LogP contribution in [0.2, 0.25) is 0 Å². The molecule has 1 aliphatic heterocycles. The average Bonchev–Trinajstić information content (AvgIpc) is 2.38. The largest absolute Gasteiger partial charge is 0.496 e. The van der Waals surface area contributed by atoms with Gasteiger partial charge in [0.25, 0.3) is 0 Å². The van der Waals surface area contributed by atoms with E-state index in [1.807, 2.05) is 12.1 Å². The fourth-order valence-corrected chi connectivity index (χ4v) is 2.55. The maximum atomic E-state index is 12.0. The molecule has 1 heterocycles. The fraction of sp³-hybridized carbons (Fsp3) is 0.500. The van der Waals surface area contributed by atoms with Gasteiger partial charge in [-0.05, 0) is 31.5 Å². The summed E-state index contributed by atoms with van der Waals surface area (Å²) < 4.78 is 5.47. The predicted molar refractivity (Wildman–Crippen MR) is 72.6 cm³/mol. The lowest BCUT2D eigenvalue weighted by atomic mass is 9.95. The number of methoxy groups -OCH3 is 1. The second-order valence-electron chi connectivity index (χ2n) is 4.63. The van der Waals surface area contributed by atoms with Crippen LogP contribution in [-0.4, -0.2) is 33.0 Å². The molecule has 0 saturated heterocycles. The van der Waals surface area contributed by atoms with Crippen molar-refractivity contribution in [3.8, 4) is 5.75 Å². The summed E-state index contributed by atoms with van der Waals surface area (Å²) in [7, 11) is 3.70. The molecule has 4 heteroatoms. The first-order chi connectivity index (χ1) is 8.69. The summed E-state index contributed by atoms with van der Waals surface area (Å²) in [5.74, 6) is 0.794. The van der Waals surface area contributed by atoms with Gasteiger partial charge in [0, 0.05) is 31.3 Å². The Balaban J connectivity index is 2.47. The van der Waals surface area contributed by atoms with Gasteiger partial charge < -0.3 is 15.4 Å². The Morgan fingerprint density at radius 2 is 2.28 bits per heavy atom. The SMILES string of the molecule is COc1c(C(=O)CCN)ccc2c1CCCN2C. The van der Waals surface area contributed by atoms with E-state index in [4.69, 9.17) is 10.5 Å². The molecule has 1 aromatic rings. The zero-order valence-corrected chi connectivity index (χ0v) is 11.0. The summed E-state index contributed by atoms with van der Waals surface area (Å²) >= 11 is 0. The highest BCUT2D eigenvalue weighted by Crippen LogP contribution is 2.36. The molecule has 0 unspecified atom stereocenters. The molecule has 2 rings (SSSR count). The number of ketones is 1. The molecule has 0 spiro atoms. The van der Waals surface area contributed by atoms with Gasteiger partial charge >= 0.3 is 0 Å². The molecule has 0 aromatic heterocycles. The lowest BCUT2D eigenvalue weighted by molar-refractivity contribution is 0.0982. The maximum absolute atomic E-state index is 12.0. The molecule has 0 atom stereocenters. The minimum absolute atomic E-state index is 0.0605. The number of nitrogens with zero attached hydrogens (tertiary/aromatic N) is 1. The molecule has 2 N–H and O–H groups in total. The normalized spacial score (nSPS) is 14.3. The van der Waals surface area contributed by atoms with Gasteiger partial charge in [-0.25, -0.2) is 0 Å². The fourth-order valence-electron chi connectivity index (χ4n) is 2.55. The zero-order valence-electron chi connectivity index (χ0n) is 11.0. The number of ether oxygens (including phenoxy) is 1. The maximum Gasteiger partial charge on any atom is 0.167 e. The van der Waals surface area contributed by atoms with Gasteiger partial charge in [-0.15, -0.1) is 0 Å². The van der Waals surface area contributed by atoms with Crippen LogP contribution in [0.15, 0.2) is 12.1 Å². The molecule has 4 nitrogen and oxygen atoms in total. The van der Waals surface area contributed by atoms with E-state index in [2.05, 4.69) is 11.9 Å². The number of Topliss-reactive ketones (excluding diaryl/α,β-unsaturated/α-hetero) is 1. The number of hydrogen-bond acceptors (Lipinski definition) is 4. The van der Waals surface area contributed by atoms with Crippen LogP contribution in [-0.2, 0) is 6.42 Å². The number of anilines is 1. The summed E-state index contributed by atoms with van der Waals surface area (Å²) in [6.07, 6.45) is 2.42. The Morgan fingerprint density at radius 3 is 2.94 bits per heavy atom. The van der Waals surface area contributed by atoms with E-state index < -0.39 is 0 Å². The van der Waals surface area contributed by atoms with Crippen molar-refractivity contribution in [2.45, 2.75) is 19.3 Å². The summed E-state index contributed by atoms with van der Waals surface area (Å²) in [6.45, 7) is 1.42. The average molecular weight is 248 g/mol. The number of benzene rings is 1. The first kappa shape index (κ1) is 12.9. The van der Waals surface area contributed by atoms with Gasteiger partial charge in [0.2, 0.25) is 0 Å². The highest BCUT2D eigenvalue weighted by molar-refractivity contribution is 6.00. The van der Waals surface area contributed by atoms with Crippen LogP contribution >= 0.6 is 0 Å². The summed E-state index contributed by atoms with van der Waals surface area (Å²) in [5, 5.41) is 0. The van der Waals surface area contributed by atoms with E-state index >= 15 is 0 Å². The number of nitrogens with two attached hydrogens (primary N) is 1. The van der Waals surface area contributed by atoms with Gasteiger partial charge in [-0.2, -0.15) is 0 Å². The molecule has 0 aliphatic carbocycles. The predicted octanol–water partition coefficient (Wildman–Crippen LogP) is 1.61. The standard InChI is InChI=1S/C14H20N2O2/c1-16-9-3-4-10-12(16)6-5-11(14(10)18-2)13(17)7-8-15/h5-6H,3-4,7-9,15H2,1-2H3. The highest BCUT2D eigenvalue weighted by atomic mass is 16.5. The van der Waals surface area contributed by atoms with Crippen LogP contribution in [0.1, 0.15) is 28.8 Å². The van der Waals surface area contributed by atoms with E-state index in [9.17, 15) is 4.79 Å². The lowest BCUT2D eigenvalue weighted by Crippen LogP contribution is -2.25. The minimum atomic E-state index is 0.0605. The van der Waals surface area contributed by atoms with Crippen molar-refractivity contribution in [1.82, 2.24) is 0 Å². The Kier molecular flexibility index (Phi) is 3.87. The first-order valence-corrected chi connectivity index (χ1v) is 6.33. The molecule has 1 aliphatic rings. The highest BCUT2D eigenvalue weighted by Gasteiger charge is 2.22. The van der Waals surface area contributed by atoms with E-state index in [0.717, 1.165) is 30.7 Å². The van der Waals surface area contributed by atoms with E-state index in [1.54, 1.807) is 7.11 Å². The monoisotopic (exact) mass is 248 g/mol. The van der Waals surface area contributed by atoms with Gasteiger partial charge in [0.15, 0.2) is 5.78 Å². The molecule has 98 valence electrons. The second kappa shape index (κ2) is 5.40. The molecule has 18 heavy (non-hydrogen) atoms. The number of rotatable bonds is 4. The molecular weight excluding hydrogens is 228 g/mol. The Labute approximate surface area is 108 Å². The Hall–Kier alpha value is -1.55. The van der Waals surface area contributed by atoms with Crippen molar-refractivity contribution in [2.24, 2.45) is 5.73 Å². The van der Waals surface area contributed by atoms with E-state index in [0.29, 0.717) is 18.5 Å². The second-order valence-corrected chi connectivity index (χ2v) is 4.63. The molecule has 0 amide bonds. The number of carbonyl (C=O) groups excluding carboxylic acids is 1. The summed E-state index contributed by atoms with van der Waals surface area (Å²) in [4.78, 5) is 14.2. The smallest absolute Gasteiger partial charge is 0.167 e. The number of hydrogen-bond donors (Lipinski definition) is 1. The van der Waals surface area contributed by atoms with Gasteiger partial charge in [-0.3, -0.25) is 4.79 Å². The minimum Gasteiger partial charge on any atom is -0.496 e. The third-order valence-corrected chi connectivity index (χ3v) is 3.44. The van der Waals surface area contributed by atoms with Crippen LogP contribution in [0.3, 0.4) is 0 Å². The van der Waals surface area contributed by atoms with E-state index in [-0.39, 0.29) is 5.78 Å². The zero-order chi connectivity index (χ0) is 13.1. The Morgan fingerprint density at radius 1 is 1.50 bits per heavy atom. The van der Waals surface area contributed by atoms with Crippen LogP contribution in [0.5, 0.6) is 5.75 Å². The van der Waals surface area contributed by atoms with Gasteiger partial charge in [0.1, 0.15) is 5.75 Å². The summed E-state index contributed by atoms with van der Waals surface area (Å²) in [6, 6.07) is 3.87. The number of fused-ring (bicyclic) bond motifs is 1. The summed E-state index contributed by atoms with van der Waals surface area (Å²) in [5.41, 5.74) is 8.43. The van der Waals surface area contributed by atoms with Crippen molar-refractivity contribution in [3.63, 3.8) is 0 Å². The van der Waals surface area contributed by atoms with E-state index in [1.165, 1.54) is 5.69 Å². The molecule has 0 fully saturated rings. The molecule has 0 radical (unpaired) electrons. The van der Waals surface area contributed by atoms with Crippen LogP contribution < -0.4 is 15.4 Å². The third-order valence-electron chi connectivity index (χ3n) is 3.44. The van der Waals surface area contributed by atoms with Gasteiger partial charge in [-0.1, -0.05) is 0 Å². The van der Waals surface area contributed by atoms with Crippen LogP contribution in [0.25, 0.3) is 0 Å². The molecule has 0 bridgehead atoms. The quantitative estimate of drug-likeness (QED) is 0.822. The third kappa shape index (κ3) is 2.20. The molecule has 1 aromatic carbocycles. The van der Waals surface area contributed by atoms with Crippen molar-refractivity contribution in [1.29, 1.82) is 0 Å². The van der Waals surface area contributed by atoms with Crippen molar-refractivity contribution in [2.75, 3.05) is 32.1 Å². The Bertz CT molecular complexity index is 457. The molecule has 0 saturated carbocycles. The van der Waals surface area contributed by atoms with Crippen LogP contribution in [0.4, 0.5) is 5.69 Å². The molecular formula is C14H20N2O2. The van der Waals surface area contributed by atoms with Crippen molar-refractivity contribution < 1.29 is 9.53 Å².